The molecule has 1 aromatic carbocycles. The van der Waals surface area contributed by atoms with Crippen molar-refractivity contribution in [2.75, 3.05) is 11.9 Å². The van der Waals surface area contributed by atoms with Crippen molar-refractivity contribution in [2.45, 2.75) is 19.5 Å². The lowest BCUT2D eigenvalue weighted by Gasteiger charge is -2.19. The van der Waals surface area contributed by atoms with Crippen LogP contribution < -0.4 is 10.6 Å². The summed E-state index contributed by atoms with van der Waals surface area (Å²) < 4.78 is 0. The van der Waals surface area contributed by atoms with E-state index >= 15 is 0 Å². The minimum absolute atomic E-state index is 0.0168. The standard InChI is InChI=1S/C15H18ClN3/c1-11(17)13-5-8-15(18-9-13)19(2)10-12-3-6-14(16)7-4-12/h3-9,11H,10,17H2,1-2H3. The first kappa shape index (κ1) is 13.8. The second-order valence-electron chi connectivity index (χ2n) is 4.72. The third-order valence-corrected chi connectivity index (χ3v) is 3.27. The van der Waals surface area contributed by atoms with Crippen molar-refractivity contribution in [1.82, 2.24) is 4.98 Å². The van der Waals surface area contributed by atoms with Crippen LogP contribution in [0, 0.1) is 0 Å². The van der Waals surface area contributed by atoms with Gasteiger partial charge in [-0.25, -0.2) is 4.98 Å². The molecule has 1 atom stereocenters. The third-order valence-electron chi connectivity index (χ3n) is 3.02. The summed E-state index contributed by atoms with van der Waals surface area (Å²) in [4.78, 5) is 6.52. The topological polar surface area (TPSA) is 42.1 Å². The van der Waals surface area contributed by atoms with E-state index in [9.17, 15) is 0 Å². The molecular weight excluding hydrogens is 258 g/mol. The molecule has 3 nitrogen and oxygen atoms in total. The number of benzene rings is 1. The van der Waals surface area contributed by atoms with E-state index in [2.05, 4.69) is 9.88 Å². The first-order valence-corrected chi connectivity index (χ1v) is 6.61. The van der Waals surface area contributed by atoms with Crippen LogP contribution >= 0.6 is 11.6 Å². The maximum absolute atomic E-state index is 5.87. The molecular formula is C15H18ClN3. The fourth-order valence-corrected chi connectivity index (χ4v) is 1.96. The molecule has 1 aromatic heterocycles. The zero-order chi connectivity index (χ0) is 13.8. The first-order valence-electron chi connectivity index (χ1n) is 6.23. The molecule has 0 saturated heterocycles. The number of aromatic nitrogens is 1. The summed E-state index contributed by atoms with van der Waals surface area (Å²) in [5.74, 6) is 0.930. The van der Waals surface area contributed by atoms with Crippen LogP contribution in [0.3, 0.4) is 0 Å². The van der Waals surface area contributed by atoms with Gasteiger partial charge >= 0.3 is 0 Å². The van der Waals surface area contributed by atoms with E-state index in [0.29, 0.717) is 0 Å². The summed E-state index contributed by atoms with van der Waals surface area (Å²) >= 11 is 5.87. The van der Waals surface area contributed by atoms with Gasteiger partial charge in [0.15, 0.2) is 0 Å². The molecule has 0 fully saturated rings. The number of nitrogens with two attached hydrogens (primary N) is 1. The highest BCUT2D eigenvalue weighted by Gasteiger charge is 2.05. The van der Waals surface area contributed by atoms with Gasteiger partial charge in [-0.05, 0) is 36.2 Å². The smallest absolute Gasteiger partial charge is 0.128 e. The number of hydrogen-bond donors (Lipinski definition) is 1. The maximum atomic E-state index is 5.87. The Labute approximate surface area is 119 Å². The zero-order valence-corrected chi connectivity index (χ0v) is 11.9. The Morgan fingerprint density at radius 3 is 2.42 bits per heavy atom. The molecule has 1 unspecified atom stereocenters. The number of nitrogens with zero attached hydrogens (tertiary/aromatic N) is 2. The van der Waals surface area contributed by atoms with Gasteiger partial charge < -0.3 is 10.6 Å². The summed E-state index contributed by atoms with van der Waals surface area (Å²) in [6, 6.07) is 11.9. The number of rotatable bonds is 4. The average Bonchev–Trinajstić information content (AvgIpc) is 2.41. The van der Waals surface area contributed by atoms with Crippen LogP contribution in [-0.2, 0) is 6.54 Å². The molecule has 0 aliphatic heterocycles. The van der Waals surface area contributed by atoms with Crippen LogP contribution in [-0.4, -0.2) is 12.0 Å². The molecule has 0 amide bonds. The maximum Gasteiger partial charge on any atom is 0.128 e. The van der Waals surface area contributed by atoms with Gasteiger partial charge in [0.25, 0.3) is 0 Å². The monoisotopic (exact) mass is 275 g/mol. The van der Waals surface area contributed by atoms with Gasteiger partial charge in [0, 0.05) is 30.9 Å². The number of halogens is 1. The van der Waals surface area contributed by atoms with E-state index in [0.717, 1.165) is 22.9 Å². The second-order valence-corrected chi connectivity index (χ2v) is 5.16. The van der Waals surface area contributed by atoms with Crippen molar-refractivity contribution in [3.63, 3.8) is 0 Å². The Hall–Kier alpha value is -1.58. The molecule has 4 heteroatoms. The molecule has 2 aromatic rings. The van der Waals surface area contributed by atoms with Crippen LogP contribution in [0.15, 0.2) is 42.6 Å². The molecule has 1 heterocycles. The van der Waals surface area contributed by atoms with Crippen molar-refractivity contribution in [3.05, 3.63) is 58.7 Å². The number of hydrogen-bond acceptors (Lipinski definition) is 3. The summed E-state index contributed by atoms with van der Waals surface area (Å²) in [6.07, 6.45) is 1.83. The Morgan fingerprint density at radius 2 is 1.89 bits per heavy atom. The number of pyridine rings is 1. The molecule has 0 bridgehead atoms. The van der Waals surface area contributed by atoms with Crippen LogP contribution in [0.5, 0.6) is 0 Å². The fraction of sp³-hybridized carbons (Fsp3) is 0.267. The third kappa shape index (κ3) is 3.69. The van der Waals surface area contributed by atoms with Gasteiger partial charge in [-0.2, -0.15) is 0 Å². The summed E-state index contributed by atoms with van der Waals surface area (Å²) in [7, 11) is 2.02. The zero-order valence-electron chi connectivity index (χ0n) is 11.2. The molecule has 0 aliphatic carbocycles. The Morgan fingerprint density at radius 1 is 1.21 bits per heavy atom. The first-order chi connectivity index (χ1) is 9.06. The second kappa shape index (κ2) is 6.04. The quantitative estimate of drug-likeness (QED) is 0.930. The predicted octanol–water partition coefficient (Wildman–Crippen LogP) is 3.39. The van der Waals surface area contributed by atoms with E-state index in [1.54, 1.807) is 0 Å². The van der Waals surface area contributed by atoms with E-state index in [1.807, 2.05) is 56.6 Å². The van der Waals surface area contributed by atoms with Crippen molar-refractivity contribution in [3.8, 4) is 0 Å². The van der Waals surface area contributed by atoms with Crippen LogP contribution in [0.25, 0.3) is 0 Å². The van der Waals surface area contributed by atoms with E-state index < -0.39 is 0 Å². The van der Waals surface area contributed by atoms with Gasteiger partial charge in [0.2, 0.25) is 0 Å². The summed E-state index contributed by atoms with van der Waals surface area (Å²) in [5, 5.41) is 0.755. The van der Waals surface area contributed by atoms with Crippen molar-refractivity contribution >= 4 is 17.4 Å². The molecule has 2 rings (SSSR count). The molecule has 0 aliphatic rings. The van der Waals surface area contributed by atoms with Gasteiger partial charge in [-0.3, -0.25) is 0 Å². The lowest BCUT2D eigenvalue weighted by molar-refractivity contribution is 0.807. The minimum atomic E-state index is 0.0168. The predicted molar refractivity (Wildman–Crippen MR) is 80.4 cm³/mol. The lowest BCUT2D eigenvalue weighted by Crippen LogP contribution is -2.18. The Bertz CT molecular complexity index is 520. The molecule has 19 heavy (non-hydrogen) atoms. The number of anilines is 1. The van der Waals surface area contributed by atoms with E-state index in [-0.39, 0.29) is 6.04 Å². The SMILES string of the molecule is CC(N)c1ccc(N(C)Cc2ccc(Cl)cc2)nc1. The van der Waals surface area contributed by atoms with Crippen LogP contribution in [0.4, 0.5) is 5.82 Å². The van der Waals surface area contributed by atoms with Crippen molar-refractivity contribution in [2.24, 2.45) is 5.73 Å². The van der Waals surface area contributed by atoms with E-state index in [4.69, 9.17) is 17.3 Å². The van der Waals surface area contributed by atoms with E-state index in [1.165, 1.54) is 5.56 Å². The average molecular weight is 276 g/mol. The summed E-state index contributed by atoms with van der Waals surface area (Å²) in [6.45, 7) is 2.75. The van der Waals surface area contributed by atoms with Crippen LogP contribution in [0.1, 0.15) is 24.1 Å². The molecule has 0 spiro atoms. The summed E-state index contributed by atoms with van der Waals surface area (Å²) in [5.41, 5.74) is 8.06. The highest BCUT2D eigenvalue weighted by molar-refractivity contribution is 6.30. The fourth-order valence-electron chi connectivity index (χ4n) is 1.84. The molecule has 100 valence electrons. The van der Waals surface area contributed by atoms with Crippen molar-refractivity contribution in [1.29, 1.82) is 0 Å². The van der Waals surface area contributed by atoms with Gasteiger partial charge in [0.05, 0.1) is 0 Å². The molecule has 0 radical (unpaired) electrons. The highest BCUT2D eigenvalue weighted by atomic mass is 35.5. The normalized spacial score (nSPS) is 12.2. The van der Waals surface area contributed by atoms with Crippen LogP contribution in [0.2, 0.25) is 5.02 Å². The Kier molecular flexibility index (Phi) is 4.40. The van der Waals surface area contributed by atoms with Gasteiger partial charge in [-0.15, -0.1) is 0 Å². The molecule has 0 saturated carbocycles. The minimum Gasteiger partial charge on any atom is -0.355 e. The largest absolute Gasteiger partial charge is 0.355 e. The van der Waals surface area contributed by atoms with Gasteiger partial charge in [0.1, 0.15) is 5.82 Å². The highest BCUT2D eigenvalue weighted by Crippen LogP contribution is 2.17. The van der Waals surface area contributed by atoms with Crippen molar-refractivity contribution < 1.29 is 0 Å². The lowest BCUT2D eigenvalue weighted by atomic mass is 10.1. The Balaban J connectivity index is 2.07. The molecule has 2 N–H and O–H groups in total. The van der Waals surface area contributed by atoms with Gasteiger partial charge in [-0.1, -0.05) is 29.8 Å².